The number of methoxy groups -OCH3 is 1. The summed E-state index contributed by atoms with van der Waals surface area (Å²) in [5.74, 6) is -1.000. The van der Waals surface area contributed by atoms with E-state index in [0.29, 0.717) is 0 Å². The summed E-state index contributed by atoms with van der Waals surface area (Å²) in [6.07, 6.45) is 2.63. The lowest BCUT2D eigenvalue weighted by atomic mass is 10.0. The molecule has 0 N–H and O–H groups in total. The third kappa shape index (κ3) is 2.34. The molecule has 0 aliphatic carbocycles. The molecule has 0 spiro atoms. The van der Waals surface area contributed by atoms with Gasteiger partial charge >= 0.3 is 6.01 Å². The molecule has 0 bridgehead atoms. The van der Waals surface area contributed by atoms with E-state index in [1.807, 2.05) is 0 Å². The number of carbonyl (C=O) groups is 1. The third-order valence-corrected chi connectivity index (χ3v) is 2.44. The first kappa shape index (κ1) is 12.2. The molecule has 1 aromatic carbocycles. The lowest BCUT2D eigenvalue weighted by Crippen LogP contribution is -2.06. The molecule has 1 heterocycles. The van der Waals surface area contributed by atoms with Crippen LogP contribution in [0.5, 0.6) is 6.01 Å². The zero-order valence-electron chi connectivity index (χ0n) is 9.98. The number of ether oxygens (including phenoxy) is 1. The van der Waals surface area contributed by atoms with E-state index in [-0.39, 0.29) is 17.1 Å². The van der Waals surface area contributed by atoms with Gasteiger partial charge in [0.05, 0.1) is 18.2 Å². The summed E-state index contributed by atoms with van der Waals surface area (Å²) < 4.78 is 18.4. The van der Waals surface area contributed by atoms with Gasteiger partial charge in [0.25, 0.3) is 0 Å². The van der Waals surface area contributed by atoms with E-state index >= 15 is 0 Å². The Bertz CT molecular complexity index is 582. The molecule has 92 valence electrons. The largest absolute Gasteiger partial charge is 0.467 e. The summed E-state index contributed by atoms with van der Waals surface area (Å²) >= 11 is 0. The Kier molecular flexibility index (Phi) is 3.32. The van der Waals surface area contributed by atoms with Crippen LogP contribution in [0.25, 0.3) is 0 Å². The predicted octanol–water partition coefficient (Wildman–Crippen LogP) is 2.16. The van der Waals surface area contributed by atoms with Crippen molar-refractivity contribution >= 4 is 5.78 Å². The molecule has 0 fully saturated rings. The second-order valence-corrected chi connectivity index (χ2v) is 3.77. The van der Waals surface area contributed by atoms with Crippen molar-refractivity contribution in [1.29, 1.82) is 0 Å². The van der Waals surface area contributed by atoms with Gasteiger partial charge in [0.15, 0.2) is 5.78 Å². The van der Waals surface area contributed by atoms with Crippen LogP contribution < -0.4 is 4.74 Å². The molecular formula is C13H11FN2O2. The molecule has 18 heavy (non-hydrogen) atoms. The Labute approximate surface area is 103 Å². The highest BCUT2D eigenvalue weighted by Gasteiger charge is 2.15. The fraction of sp³-hybridized carbons (Fsp3) is 0.154. The molecular weight excluding hydrogens is 235 g/mol. The fourth-order valence-corrected chi connectivity index (χ4v) is 1.51. The predicted molar refractivity (Wildman–Crippen MR) is 63.2 cm³/mol. The number of aromatic nitrogens is 2. The van der Waals surface area contributed by atoms with Gasteiger partial charge in [0.2, 0.25) is 0 Å². The average Bonchev–Trinajstić information content (AvgIpc) is 2.41. The Morgan fingerprint density at radius 1 is 1.28 bits per heavy atom. The Morgan fingerprint density at radius 2 is 1.94 bits per heavy atom. The maximum atomic E-state index is 13.6. The molecule has 0 unspecified atom stereocenters. The van der Waals surface area contributed by atoms with Crippen molar-refractivity contribution in [1.82, 2.24) is 9.97 Å². The number of aryl methyl sites for hydroxylation is 1. The van der Waals surface area contributed by atoms with E-state index in [9.17, 15) is 9.18 Å². The highest BCUT2D eigenvalue weighted by Crippen LogP contribution is 2.15. The van der Waals surface area contributed by atoms with Crippen molar-refractivity contribution in [2.75, 3.05) is 7.11 Å². The average molecular weight is 246 g/mol. The summed E-state index contributed by atoms with van der Waals surface area (Å²) in [6.45, 7) is 1.79. The van der Waals surface area contributed by atoms with Gasteiger partial charge in [0, 0.05) is 12.4 Å². The van der Waals surface area contributed by atoms with Crippen LogP contribution in [0.3, 0.4) is 0 Å². The molecule has 0 aliphatic rings. The normalized spacial score (nSPS) is 10.2. The van der Waals surface area contributed by atoms with Gasteiger partial charge in [0.1, 0.15) is 5.82 Å². The maximum Gasteiger partial charge on any atom is 0.316 e. The lowest BCUT2D eigenvalue weighted by molar-refractivity contribution is 0.103. The second-order valence-electron chi connectivity index (χ2n) is 3.77. The van der Waals surface area contributed by atoms with Crippen LogP contribution in [0.2, 0.25) is 0 Å². The van der Waals surface area contributed by atoms with Crippen molar-refractivity contribution in [2.45, 2.75) is 6.92 Å². The number of rotatable bonds is 3. The first-order chi connectivity index (χ1) is 8.61. The van der Waals surface area contributed by atoms with Gasteiger partial charge < -0.3 is 4.74 Å². The third-order valence-electron chi connectivity index (χ3n) is 2.44. The highest BCUT2D eigenvalue weighted by molar-refractivity contribution is 6.08. The SMILES string of the molecule is COc1ncc(C(=O)c2cc(C)ccc2F)cn1. The summed E-state index contributed by atoms with van der Waals surface area (Å²) in [5.41, 5.74) is 1.05. The number of ketones is 1. The molecule has 0 atom stereocenters. The summed E-state index contributed by atoms with van der Waals surface area (Å²) in [4.78, 5) is 19.7. The molecule has 1 aromatic heterocycles. The van der Waals surface area contributed by atoms with Crippen molar-refractivity contribution in [3.05, 3.63) is 53.1 Å². The maximum absolute atomic E-state index is 13.6. The van der Waals surface area contributed by atoms with Crippen LogP contribution in [0.1, 0.15) is 21.5 Å². The summed E-state index contributed by atoms with van der Waals surface area (Å²) in [7, 11) is 1.43. The van der Waals surface area contributed by atoms with Gasteiger partial charge in [-0.2, -0.15) is 0 Å². The Morgan fingerprint density at radius 3 is 2.56 bits per heavy atom. The van der Waals surface area contributed by atoms with Gasteiger partial charge in [-0.1, -0.05) is 11.6 Å². The molecule has 4 nitrogen and oxygen atoms in total. The van der Waals surface area contributed by atoms with Crippen molar-refractivity contribution in [2.24, 2.45) is 0 Å². The minimum Gasteiger partial charge on any atom is -0.467 e. The number of hydrogen-bond acceptors (Lipinski definition) is 4. The minimum absolute atomic E-state index is 0.0174. The molecule has 5 heteroatoms. The second kappa shape index (κ2) is 4.91. The molecule has 0 aliphatic heterocycles. The fourth-order valence-electron chi connectivity index (χ4n) is 1.51. The first-order valence-corrected chi connectivity index (χ1v) is 5.28. The van der Waals surface area contributed by atoms with Crippen LogP contribution >= 0.6 is 0 Å². The van der Waals surface area contributed by atoms with Crippen molar-refractivity contribution < 1.29 is 13.9 Å². The van der Waals surface area contributed by atoms with Crippen LogP contribution in [-0.2, 0) is 0 Å². The number of nitrogens with zero attached hydrogens (tertiary/aromatic N) is 2. The molecule has 2 rings (SSSR count). The first-order valence-electron chi connectivity index (χ1n) is 5.28. The van der Waals surface area contributed by atoms with Crippen LogP contribution in [0.15, 0.2) is 30.6 Å². The summed E-state index contributed by atoms with van der Waals surface area (Å²) in [6, 6.07) is 4.54. The van der Waals surface area contributed by atoms with Gasteiger partial charge in [-0.15, -0.1) is 0 Å². The van der Waals surface area contributed by atoms with Crippen LogP contribution in [-0.4, -0.2) is 22.9 Å². The lowest BCUT2D eigenvalue weighted by Gasteiger charge is -2.04. The monoisotopic (exact) mass is 246 g/mol. The zero-order chi connectivity index (χ0) is 13.1. The van der Waals surface area contributed by atoms with E-state index in [1.165, 1.54) is 31.6 Å². The Hall–Kier alpha value is -2.30. The molecule has 2 aromatic rings. The Balaban J connectivity index is 2.38. The van der Waals surface area contributed by atoms with E-state index in [4.69, 9.17) is 4.74 Å². The van der Waals surface area contributed by atoms with Gasteiger partial charge in [-0.05, 0) is 19.1 Å². The molecule has 0 saturated carbocycles. The number of halogens is 1. The van der Waals surface area contributed by atoms with Crippen LogP contribution in [0, 0.1) is 12.7 Å². The van der Waals surface area contributed by atoms with E-state index < -0.39 is 11.6 Å². The zero-order valence-corrected chi connectivity index (χ0v) is 9.98. The number of hydrogen-bond donors (Lipinski definition) is 0. The standard InChI is InChI=1S/C13H11FN2O2/c1-8-3-4-11(14)10(5-8)12(17)9-6-15-13(18-2)16-7-9/h3-7H,1-2H3. The number of benzene rings is 1. The van der Waals surface area contributed by atoms with E-state index in [1.54, 1.807) is 13.0 Å². The van der Waals surface area contributed by atoms with Crippen molar-refractivity contribution in [3.8, 4) is 6.01 Å². The molecule has 0 amide bonds. The minimum atomic E-state index is -0.554. The molecule has 0 saturated heterocycles. The quantitative estimate of drug-likeness (QED) is 0.779. The van der Waals surface area contributed by atoms with Gasteiger partial charge in [-0.3, -0.25) is 4.79 Å². The van der Waals surface area contributed by atoms with Crippen LogP contribution in [0.4, 0.5) is 4.39 Å². The highest BCUT2D eigenvalue weighted by atomic mass is 19.1. The number of carbonyl (C=O) groups excluding carboxylic acids is 1. The van der Waals surface area contributed by atoms with E-state index in [2.05, 4.69) is 9.97 Å². The summed E-state index contributed by atoms with van der Waals surface area (Å²) in [5, 5.41) is 0. The van der Waals surface area contributed by atoms with Gasteiger partial charge in [-0.25, -0.2) is 14.4 Å². The van der Waals surface area contributed by atoms with Crippen molar-refractivity contribution in [3.63, 3.8) is 0 Å². The smallest absolute Gasteiger partial charge is 0.316 e. The molecule has 0 radical (unpaired) electrons. The van der Waals surface area contributed by atoms with E-state index in [0.717, 1.165) is 5.56 Å². The topological polar surface area (TPSA) is 52.1 Å².